The average Bonchev–Trinajstić information content (AvgIpc) is 2.29. The Morgan fingerprint density at radius 1 is 0.765 bits per heavy atom. The van der Waals surface area contributed by atoms with Crippen molar-refractivity contribution in [3.63, 3.8) is 0 Å². The molecule has 2 rings (SSSR count). The van der Waals surface area contributed by atoms with Gasteiger partial charge in [0.1, 0.15) is 0 Å². The minimum absolute atomic E-state index is 0.0799. The summed E-state index contributed by atoms with van der Waals surface area (Å²) in [5, 5.41) is 19.4. The van der Waals surface area contributed by atoms with E-state index < -0.39 is 12.2 Å². The molecule has 0 aliphatic heterocycles. The van der Waals surface area contributed by atoms with Crippen LogP contribution < -0.4 is 11.5 Å². The van der Waals surface area contributed by atoms with Gasteiger partial charge in [-0.1, -0.05) is 0 Å². The van der Waals surface area contributed by atoms with Crippen molar-refractivity contribution in [1.82, 2.24) is 0 Å². The molecule has 0 aromatic carbocycles. The van der Waals surface area contributed by atoms with Gasteiger partial charge in [0.15, 0.2) is 0 Å². The van der Waals surface area contributed by atoms with Crippen molar-refractivity contribution < 1.29 is 14.9 Å². The third-order valence-electron chi connectivity index (χ3n) is 4.03. The standard InChI is InChI=1S/C12H24N2O3/c13-9-3-1-7(5-11(9)15)17-8-2-4-10(14)12(16)6-8/h7-12,15-16H,1-6,13-14H2. The van der Waals surface area contributed by atoms with E-state index in [1.165, 1.54) is 0 Å². The topological polar surface area (TPSA) is 102 Å². The van der Waals surface area contributed by atoms with E-state index in [1.54, 1.807) is 0 Å². The van der Waals surface area contributed by atoms with Crippen LogP contribution in [0.3, 0.4) is 0 Å². The third kappa shape index (κ3) is 3.39. The van der Waals surface area contributed by atoms with E-state index in [9.17, 15) is 10.2 Å². The summed E-state index contributed by atoms with van der Waals surface area (Å²) in [6.45, 7) is 0. The second kappa shape index (κ2) is 5.63. The van der Waals surface area contributed by atoms with Gasteiger partial charge in [0.25, 0.3) is 0 Å². The fourth-order valence-corrected chi connectivity index (χ4v) is 2.78. The lowest BCUT2D eigenvalue weighted by Crippen LogP contribution is -2.46. The second-order valence-corrected chi connectivity index (χ2v) is 5.47. The van der Waals surface area contributed by atoms with Crippen LogP contribution in [0.15, 0.2) is 0 Å². The Kier molecular flexibility index (Phi) is 4.38. The summed E-state index contributed by atoms with van der Waals surface area (Å²) in [5.74, 6) is 0. The van der Waals surface area contributed by atoms with E-state index in [1.807, 2.05) is 0 Å². The monoisotopic (exact) mass is 244 g/mol. The molecule has 2 saturated carbocycles. The molecule has 0 radical (unpaired) electrons. The highest BCUT2D eigenvalue weighted by Gasteiger charge is 2.32. The molecular formula is C12H24N2O3. The van der Waals surface area contributed by atoms with Crippen LogP contribution in [0.2, 0.25) is 0 Å². The number of hydrogen-bond donors (Lipinski definition) is 4. The summed E-state index contributed by atoms with van der Waals surface area (Å²) >= 11 is 0. The van der Waals surface area contributed by atoms with Crippen LogP contribution in [0.4, 0.5) is 0 Å². The molecule has 6 N–H and O–H groups in total. The first-order valence-corrected chi connectivity index (χ1v) is 6.59. The Morgan fingerprint density at radius 2 is 1.18 bits per heavy atom. The van der Waals surface area contributed by atoms with Crippen LogP contribution >= 0.6 is 0 Å². The zero-order valence-electron chi connectivity index (χ0n) is 10.2. The molecule has 0 bridgehead atoms. The molecule has 0 saturated heterocycles. The van der Waals surface area contributed by atoms with Crippen molar-refractivity contribution in [2.75, 3.05) is 0 Å². The van der Waals surface area contributed by atoms with Gasteiger partial charge < -0.3 is 26.4 Å². The largest absolute Gasteiger partial charge is 0.391 e. The van der Waals surface area contributed by atoms with Crippen LogP contribution in [0.25, 0.3) is 0 Å². The number of aliphatic hydroxyl groups is 2. The Morgan fingerprint density at radius 3 is 1.53 bits per heavy atom. The number of rotatable bonds is 2. The smallest absolute Gasteiger partial charge is 0.0715 e. The molecule has 5 heteroatoms. The number of hydrogen-bond acceptors (Lipinski definition) is 5. The highest BCUT2D eigenvalue weighted by atomic mass is 16.5. The van der Waals surface area contributed by atoms with E-state index in [0.29, 0.717) is 12.8 Å². The van der Waals surface area contributed by atoms with Gasteiger partial charge in [-0.2, -0.15) is 0 Å². The quantitative estimate of drug-likeness (QED) is 0.524. The normalized spacial score (nSPS) is 48.0. The van der Waals surface area contributed by atoms with Crippen LogP contribution in [0.1, 0.15) is 38.5 Å². The van der Waals surface area contributed by atoms with Gasteiger partial charge in [0, 0.05) is 24.9 Å². The molecule has 0 spiro atoms. The van der Waals surface area contributed by atoms with Crippen LogP contribution in [0.5, 0.6) is 0 Å². The Balaban J connectivity index is 1.78. The molecular weight excluding hydrogens is 220 g/mol. The van der Waals surface area contributed by atoms with Crippen molar-refractivity contribution >= 4 is 0 Å². The summed E-state index contributed by atoms with van der Waals surface area (Å²) in [4.78, 5) is 0. The third-order valence-corrected chi connectivity index (χ3v) is 4.03. The molecule has 5 nitrogen and oxygen atoms in total. The first-order valence-electron chi connectivity index (χ1n) is 6.59. The SMILES string of the molecule is NC1CCC(OC2CCC(N)C(O)C2)CC1O. The first kappa shape index (κ1) is 13.2. The molecule has 2 fully saturated rings. The van der Waals surface area contributed by atoms with E-state index in [0.717, 1.165) is 25.7 Å². The first-order chi connectivity index (χ1) is 8.06. The molecule has 0 aromatic heterocycles. The number of aliphatic hydroxyl groups excluding tert-OH is 2. The molecule has 100 valence electrons. The van der Waals surface area contributed by atoms with Crippen molar-refractivity contribution in [1.29, 1.82) is 0 Å². The highest BCUT2D eigenvalue weighted by Crippen LogP contribution is 2.27. The van der Waals surface area contributed by atoms with E-state index in [4.69, 9.17) is 16.2 Å². The van der Waals surface area contributed by atoms with Gasteiger partial charge in [-0.3, -0.25) is 0 Å². The number of nitrogens with two attached hydrogens (primary N) is 2. The van der Waals surface area contributed by atoms with Crippen molar-refractivity contribution in [3.05, 3.63) is 0 Å². The van der Waals surface area contributed by atoms with E-state index >= 15 is 0 Å². The van der Waals surface area contributed by atoms with Crippen LogP contribution in [-0.4, -0.2) is 46.7 Å². The average molecular weight is 244 g/mol. The molecule has 6 unspecified atom stereocenters. The maximum atomic E-state index is 9.70. The van der Waals surface area contributed by atoms with E-state index in [-0.39, 0.29) is 24.3 Å². The van der Waals surface area contributed by atoms with E-state index in [2.05, 4.69) is 0 Å². The predicted octanol–water partition coefficient (Wildman–Crippen LogP) is -0.516. The summed E-state index contributed by atoms with van der Waals surface area (Å²) in [6, 6.07) is -0.222. The van der Waals surface area contributed by atoms with Crippen LogP contribution in [-0.2, 0) is 4.74 Å². The molecule has 0 amide bonds. The molecule has 17 heavy (non-hydrogen) atoms. The van der Waals surface area contributed by atoms with Gasteiger partial charge in [-0.15, -0.1) is 0 Å². The molecule has 0 aromatic rings. The highest BCUT2D eigenvalue weighted by molar-refractivity contribution is 4.86. The fourth-order valence-electron chi connectivity index (χ4n) is 2.78. The van der Waals surface area contributed by atoms with Gasteiger partial charge in [0.2, 0.25) is 0 Å². The van der Waals surface area contributed by atoms with Crippen molar-refractivity contribution in [3.8, 4) is 0 Å². The van der Waals surface area contributed by atoms with Crippen molar-refractivity contribution in [2.45, 2.75) is 75.0 Å². The lowest BCUT2D eigenvalue weighted by molar-refractivity contribution is -0.0908. The van der Waals surface area contributed by atoms with Gasteiger partial charge in [-0.05, 0) is 25.7 Å². The summed E-state index contributed by atoms with van der Waals surface area (Å²) in [7, 11) is 0. The minimum Gasteiger partial charge on any atom is -0.391 e. The summed E-state index contributed by atoms with van der Waals surface area (Å²) in [5.41, 5.74) is 11.5. The summed E-state index contributed by atoms with van der Waals surface area (Å²) in [6.07, 6.45) is 3.89. The second-order valence-electron chi connectivity index (χ2n) is 5.47. The zero-order chi connectivity index (χ0) is 12.4. The minimum atomic E-state index is -0.454. The zero-order valence-corrected chi connectivity index (χ0v) is 10.2. The Hall–Kier alpha value is -0.200. The Bertz CT molecular complexity index is 228. The Labute approximate surface area is 102 Å². The van der Waals surface area contributed by atoms with Gasteiger partial charge >= 0.3 is 0 Å². The predicted molar refractivity (Wildman–Crippen MR) is 64.3 cm³/mol. The van der Waals surface area contributed by atoms with Gasteiger partial charge in [0.05, 0.1) is 24.4 Å². The maximum absolute atomic E-state index is 9.70. The lowest BCUT2D eigenvalue weighted by Gasteiger charge is -2.36. The molecule has 2 aliphatic rings. The lowest BCUT2D eigenvalue weighted by atomic mass is 9.88. The molecule has 0 heterocycles. The fraction of sp³-hybridized carbons (Fsp3) is 1.00. The number of ether oxygens (including phenoxy) is 1. The van der Waals surface area contributed by atoms with Crippen LogP contribution in [0, 0.1) is 0 Å². The summed E-state index contributed by atoms with van der Waals surface area (Å²) < 4.78 is 5.94. The maximum Gasteiger partial charge on any atom is 0.0715 e. The van der Waals surface area contributed by atoms with Crippen molar-refractivity contribution in [2.24, 2.45) is 11.5 Å². The molecule has 6 atom stereocenters. The van der Waals surface area contributed by atoms with Gasteiger partial charge in [-0.25, -0.2) is 0 Å². The molecule has 2 aliphatic carbocycles.